The fraction of sp³-hybridized carbons (Fsp3) is 0.588. The number of allylic oxidation sites excluding steroid dienone is 1. The van der Waals surface area contributed by atoms with E-state index in [1.54, 1.807) is 17.9 Å². The van der Waals surface area contributed by atoms with Crippen molar-refractivity contribution in [3.8, 4) is 0 Å². The van der Waals surface area contributed by atoms with Gasteiger partial charge in [0.25, 0.3) is 0 Å². The zero-order valence-electron chi connectivity index (χ0n) is 13.1. The van der Waals surface area contributed by atoms with Gasteiger partial charge in [0.2, 0.25) is 5.91 Å². The quantitative estimate of drug-likeness (QED) is 0.443. The monoisotopic (exact) mass is 303 g/mol. The maximum Gasteiger partial charge on any atom is 0.319 e. The molecule has 0 aromatic rings. The minimum Gasteiger partial charge on any atom is -0.468 e. The lowest BCUT2D eigenvalue weighted by atomic mass is 9.78. The molecule has 0 bridgehead atoms. The van der Waals surface area contributed by atoms with Crippen LogP contribution >= 0.6 is 0 Å². The second-order valence-corrected chi connectivity index (χ2v) is 6.31. The van der Waals surface area contributed by atoms with Crippen molar-refractivity contribution < 1.29 is 19.1 Å². The number of hydrogen-bond acceptors (Lipinski definition) is 4. The van der Waals surface area contributed by atoms with Crippen molar-refractivity contribution in [1.82, 2.24) is 4.90 Å². The zero-order chi connectivity index (χ0) is 16.1. The van der Waals surface area contributed by atoms with Crippen molar-refractivity contribution in [3.05, 3.63) is 23.8 Å². The van der Waals surface area contributed by atoms with Gasteiger partial charge in [-0.05, 0) is 43.8 Å². The van der Waals surface area contributed by atoms with E-state index in [4.69, 9.17) is 4.74 Å². The van der Waals surface area contributed by atoms with Gasteiger partial charge in [-0.15, -0.1) is 6.58 Å². The van der Waals surface area contributed by atoms with Crippen molar-refractivity contribution in [2.24, 2.45) is 5.92 Å². The Hall–Kier alpha value is -1.91. The maximum absolute atomic E-state index is 12.7. The molecule has 0 aromatic heterocycles. The summed E-state index contributed by atoms with van der Waals surface area (Å²) in [7, 11) is 1.29. The highest BCUT2D eigenvalue weighted by Crippen LogP contribution is 2.54. The van der Waals surface area contributed by atoms with E-state index in [0.29, 0.717) is 24.8 Å². The predicted octanol–water partition coefficient (Wildman–Crippen LogP) is 1.77. The van der Waals surface area contributed by atoms with Crippen molar-refractivity contribution in [1.29, 1.82) is 0 Å². The minimum atomic E-state index is -0.917. The van der Waals surface area contributed by atoms with Crippen LogP contribution in [-0.2, 0) is 19.1 Å². The predicted molar refractivity (Wildman–Crippen MR) is 79.9 cm³/mol. The first kappa shape index (κ1) is 15.0. The number of rotatable bonds is 2. The van der Waals surface area contributed by atoms with E-state index in [9.17, 15) is 14.4 Å². The summed E-state index contributed by atoms with van der Waals surface area (Å²) in [6.45, 7) is 5.60. The summed E-state index contributed by atoms with van der Waals surface area (Å²) in [6, 6.07) is -0.119. The van der Waals surface area contributed by atoms with Crippen LogP contribution in [0.15, 0.2) is 23.8 Å². The third-order valence-corrected chi connectivity index (χ3v) is 5.46. The van der Waals surface area contributed by atoms with Gasteiger partial charge in [-0.25, -0.2) is 0 Å². The highest BCUT2D eigenvalue weighted by molar-refractivity contribution is 6.13. The Labute approximate surface area is 130 Å². The smallest absolute Gasteiger partial charge is 0.319 e. The first-order chi connectivity index (χ1) is 10.5. The number of carbonyl (C=O) groups is 3. The SMILES string of the molecule is C=C[C@H]1CC[C@]23C(=C(C)C(=O)C2C(=O)OC)CCCC(=O)N13. The molecule has 118 valence electrons. The molecule has 2 heterocycles. The molecule has 5 heteroatoms. The number of nitrogens with zero attached hydrogens (tertiary/aromatic N) is 1. The van der Waals surface area contributed by atoms with Crippen LogP contribution in [0.2, 0.25) is 0 Å². The van der Waals surface area contributed by atoms with Crippen LogP contribution in [0.25, 0.3) is 0 Å². The number of amides is 1. The molecule has 2 aliphatic heterocycles. The van der Waals surface area contributed by atoms with Crippen molar-refractivity contribution >= 4 is 17.7 Å². The van der Waals surface area contributed by atoms with Crippen molar-refractivity contribution in [3.63, 3.8) is 0 Å². The van der Waals surface area contributed by atoms with E-state index in [1.165, 1.54) is 7.11 Å². The number of esters is 1. The third kappa shape index (κ3) is 1.68. The van der Waals surface area contributed by atoms with E-state index in [2.05, 4.69) is 6.58 Å². The molecule has 3 aliphatic rings. The minimum absolute atomic E-state index is 0.00815. The lowest BCUT2D eigenvalue weighted by molar-refractivity contribution is -0.154. The van der Waals surface area contributed by atoms with Gasteiger partial charge in [0.15, 0.2) is 5.78 Å². The Bertz CT molecular complexity index is 606. The van der Waals surface area contributed by atoms with Gasteiger partial charge in [-0.3, -0.25) is 14.4 Å². The van der Waals surface area contributed by atoms with E-state index < -0.39 is 17.4 Å². The van der Waals surface area contributed by atoms with Gasteiger partial charge in [0.1, 0.15) is 5.92 Å². The molecule has 1 aliphatic carbocycles. The fourth-order valence-corrected chi connectivity index (χ4v) is 4.57. The third-order valence-electron chi connectivity index (χ3n) is 5.46. The van der Waals surface area contributed by atoms with Crippen LogP contribution in [0.4, 0.5) is 0 Å². The molecular weight excluding hydrogens is 282 g/mol. The van der Waals surface area contributed by atoms with E-state index in [-0.39, 0.29) is 17.7 Å². The molecule has 0 saturated carbocycles. The van der Waals surface area contributed by atoms with Crippen LogP contribution in [-0.4, -0.2) is 41.3 Å². The highest BCUT2D eigenvalue weighted by Gasteiger charge is 2.64. The average Bonchev–Trinajstić information content (AvgIpc) is 2.93. The summed E-state index contributed by atoms with van der Waals surface area (Å²) in [5, 5.41) is 0. The molecule has 0 N–H and O–H groups in total. The standard InChI is InChI=1S/C17H21NO4/c1-4-11-8-9-17-12(6-5-7-13(19)18(11)17)10(2)15(20)14(17)16(21)22-3/h4,11,14H,1,5-9H2,2-3H3/t11-,14?,17-/m0/s1. The molecule has 1 unspecified atom stereocenters. The maximum atomic E-state index is 12.7. The fourth-order valence-electron chi connectivity index (χ4n) is 4.57. The topological polar surface area (TPSA) is 63.7 Å². The van der Waals surface area contributed by atoms with Gasteiger partial charge >= 0.3 is 5.97 Å². The van der Waals surface area contributed by atoms with Gasteiger partial charge in [0.05, 0.1) is 18.7 Å². The van der Waals surface area contributed by atoms with Crippen LogP contribution in [0.3, 0.4) is 0 Å². The van der Waals surface area contributed by atoms with Crippen molar-refractivity contribution in [2.75, 3.05) is 7.11 Å². The Morgan fingerprint density at radius 3 is 2.77 bits per heavy atom. The van der Waals surface area contributed by atoms with Crippen LogP contribution in [0.5, 0.6) is 0 Å². The highest BCUT2D eigenvalue weighted by atomic mass is 16.5. The second-order valence-electron chi connectivity index (χ2n) is 6.31. The lowest BCUT2D eigenvalue weighted by Gasteiger charge is -2.41. The largest absolute Gasteiger partial charge is 0.468 e. The van der Waals surface area contributed by atoms with Crippen molar-refractivity contribution in [2.45, 2.75) is 50.6 Å². The number of ether oxygens (including phenoxy) is 1. The first-order valence-corrected chi connectivity index (χ1v) is 7.76. The molecule has 3 rings (SSSR count). The molecule has 0 radical (unpaired) electrons. The number of Topliss-reactive ketones (excluding diaryl/α,β-unsaturated/α-hetero) is 1. The molecule has 0 aromatic carbocycles. The van der Waals surface area contributed by atoms with Gasteiger partial charge in [-0.1, -0.05) is 6.08 Å². The lowest BCUT2D eigenvalue weighted by Crippen LogP contribution is -2.56. The summed E-state index contributed by atoms with van der Waals surface area (Å²) in [5.41, 5.74) is 0.781. The zero-order valence-corrected chi connectivity index (χ0v) is 13.1. The van der Waals surface area contributed by atoms with E-state index >= 15 is 0 Å². The summed E-state index contributed by atoms with van der Waals surface area (Å²) in [4.78, 5) is 39.5. The molecule has 3 atom stereocenters. The summed E-state index contributed by atoms with van der Waals surface area (Å²) < 4.78 is 4.90. The molecule has 5 nitrogen and oxygen atoms in total. The normalized spacial score (nSPS) is 34.4. The number of methoxy groups -OCH3 is 1. The average molecular weight is 303 g/mol. The van der Waals surface area contributed by atoms with Crippen LogP contribution in [0, 0.1) is 5.92 Å². The Balaban J connectivity index is 2.22. The van der Waals surface area contributed by atoms with E-state index in [0.717, 1.165) is 18.4 Å². The number of ketones is 1. The van der Waals surface area contributed by atoms with Gasteiger partial charge in [-0.2, -0.15) is 0 Å². The summed E-state index contributed by atoms with van der Waals surface area (Å²) in [6.07, 6.45) is 4.96. The molecule has 1 amide bonds. The Morgan fingerprint density at radius 2 is 2.14 bits per heavy atom. The first-order valence-electron chi connectivity index (χ1n) is 7.76. The van der Waals surface area contributed by atoms with Gasteiger partial charge < -0.3 is 9.64 Å². The van der Waals surface area contributed by atoms with Gasteiger partial charge in [0, 0.05) is 6.42 Å². The molecule has 1 spiro atoms. The molecule has 2 saturated heterocycles. The van der Waals surface area contributed by atoms with E-state index in [1.807, 2.05) is 0 Å². The van der Waals surface area contributed by atoms with Crippen LogP contribution in [0.1, 0.15) is 39.0 Å². The molecular formula is C17H21NO4. The Morgan fingerprint density at radius 1 is 1.41 bits per heavy atom. The number of hydrogen-bond donors (Lipinski definition) is 0. The molecule has 22 heavy (non-hydrogen) atoms. The molecule has 2 fully saturated rings. The summed E-state index contributed by atoms with van der Waals surface area (Å²) >= 11 is 0. The second kappa shape index (κ2) is 5.07. The summed E-state index contributed by atoms with van der Waals surface area (Å²) in [5.74, 6) is -1.64. The van der Waals surface area contributed by atoms with Crippen LogP contribution < -0.4 is 0 Å². The Kier molecular flexibility index (Phi) is 3.46. The number of carbonyl (C=O) groups excluding carboxylic acids is 3.